The SMILES string of the molecule is Bc1c(OC)ccc2c(C)cc(-c3ccccc3OC)nc12. The van der Waals surface area contributed by atoms with Gasteiger partial charge in [-0.3, -0.25) is 0 Å². The van der Waals surface area contributed by atoms with Crippen LogP contribution in [0.15, 0.2) is 42.5 Å². The van der Waals surface area contributed by atoms with Crippen LogP contribution in [0.25, 0.3) is 22.2 Å². The first-order chi connectivity index (χ1) is 10.7. The van der Waals surface area contributed by atoms with Gasteiger partial charge in [0.15, 0.2) is 0 Å². The molecule has 0 saturated carbocycles. The summed E-state index contributed by atoms with van der Waals surface area (Å²) in [5, 5.41) is 1.15. The van der Waals surface area contributed by atoms with E-state index >= 15 is 0 Å². The van der Waals surface area contributed by atoms with E-state index in [1.807, 2.05) is 38.2 Å². The lowest BCUT2D eigenvalue weighted by atomic mass is 9.90. The molecule has 0 fully saturated rings. The van der Waals surface area contributed by atoms with Gasteiger partial charge < -0.3 is 9.47 Å². The molecule has 0 spiro atoms. The van der Waals surface area contributed by atoms with Crippen LogP contribution in [0, 0.1) is 6.92 Å². The lowest BCUT2D eigenvalue weighted by Gasteiger charge is -2.13. The number of hydrogen-bond donors (Lipinski definition) is 0. The molecule has 0 amide bonds. The van der Waals surface area contributed by atoms with Crippen molar-refractivity contribution in [2.24, 2.45) is 0 Å². The van der Waals surface area contributed by atoms with Gasteiger partial charge in [0.1, 0.15) is 19.3 Å². The molecule has 0 aliphatic rings. The van der Waals surface area contributed by atoms with Gasteiger partial charge in [-0.1, -0.05) is 12.1 Å². The Balaban J connectivity index is 2.30. The van der Waals surface area contributed by atoms with Gasteiger partial charge in [-0.25, -0.2) is 4.98 Å². The Hall–Kier alpha value is -2.49. The molecule has 110 valence electrons. The highest BCUT2D eigenvalue weighted by Gasteiger charge is 2.12. The second-order valence-corrected chi connectivity index (χ2v) is 5.31. The maximum Gasteiger partial charge on any atom is 0.147 e. The molecule has 3 rings (SSSR count). The summed E-state index contributed by atoms with van der Waals surface area (Å²) in [5.74, 6) is 1.69. The van der Waals surface area contributed by atoms with Gasteiger partial charge in [-0.15, -0.1) is 0 Å². The van der Waals surface area contributed by atoms with Crippen molar-refractivity contribution in [1.29, 1.82) is 0 Å². The fraction of sp³-hybridized carbons (Fsp3) is 0.167. The lowest BCUT2D eigenvalue weighted by molar-refractivity contribution is 0.416. The van der Waals surface area contributed by atoms with Gasteiger partial charge in [-0.2, -0.15) is 0 Å². The van der Waals surface area contributed by atoms with Crippen LogP contribution in [0.4, 0.5) is 0 Å². The summed E-state index contributed by atoms with van der Waals surface area (Å²) in [6, 6.07) is 14.1. The molecule has 0 radical (unpaired) electrons. The van der Waals surface area contributed by atoms with Crippen molar-refractivity contribution in [3.8, 4) is 22.8 Å². The molecule has 1 heterocycles. The first-order valence-corrected chi connectivity index (χ1v) is 7.24. The van der Waals surface area contributed by atoms with E-state index in [1.54, 1.807) is 14.2 Å². The molecule has 0 bridgehead atoms. The zero-order valence-electron chi connectivity index (χ0n) is 13.3. The number of rotatable bonds is 3. The molecule has 0 aliphatic carbocycles. The predicted octanol–water partition coefficient (Wildman–Crippen LogP) is 2.49. The standard InChI is InChI=1S/C18H18BNO2/c1-11-10-14(13-6-4-5-7-15(13)21-2)20-18-12(11)8-9-16(22-3)17(18)19/h4-10H,19H2,1-3H3. The maximum absolute atomic E-state index is 5.46. The van der Waals surface area contributed by atoms with Crippen LogP contribution in [0.2, 0.25) is 0 Å². The first kappa shape index (κ1) is 14.5. The number of fused-ring (bicyclic) bond motifs is 1. The van der Waals surface area contributed by atoms with E-state index in [4.69, 9.17) is 14.5 Å². The van der Waals surface area contributed by atoms with Crippen LogP contribution in [-0.4, -0.2) is 27.0 Å². The van der Waals surface area contributed by atoms with Crippen LogP contribution in [0.3, 0.4) is 0 Å². The number of para-hydroxylation sites is 1. The second kappa shape index (κ2) is 5.72. The summed E-state index contributed by atoms with van der Waals surface area (Å²) >= 11 is 0. The Labute approximate surface area is 131 Å². The molecular formula is C18H18BNO2. The Morgan fingerprint density at radius 3 is 2.41 bits per heavy atom. The van der Waals surface area contributed by atoms with Crippen molar-refractivity contribution < 1.29 is 9.47 Å². The zero-order valence-corrected chi connectivity index (χ0v) is 13.3. The van der Waals surface area contributed by atoms with E-state index in [0.29, 0.717) is 0 Å². The van der Waals surface area contributed by atoms with Crippen LogP contribution in [0.1, 0.15) is 5.56 Å². The quantitative estimate of drug-likeness (QED) is 0.695. The highest BCUT2D eigenvalue weighted by atomic mass is 16.5. The number of aryl methyl sites for hydroxylation is 1. The minimum atomic E-state index is 0.828. The van der Waals surface area contributed by atoms with Gasteiger partial charge in [0.05, 0.1) is 25.4 Å². The topological polar surface area (TPSA) is 31.4 Å². The molecule has 2 aromatic carbocycles. The predicted molar refractivity (Wildman–Crippen MR) is 93.2 cm³/mol. The molecule has 4 heteroatoms. The summed E-state index contributed by atoms with van der Waals surface area (Å²) in [6.45, 7) is 2.11. The Bertz CT molecular complexity index is 846. The van der Waals surface area contributed by atoms with Crippen molar-refractivity contribution in [2.45, 2.75) is 6.92 Å². The summed E-state index contributed by atoms with van der Waals surface area (Å²) in [5.41, 5.74) is 5.13. The molecule has 3 nitrogen and oxygen atoms in total. The number of ether oxygens (including phenoxy) is 2. The maximum atomic E-state index is 5.46. The number of methoxy groups -OCH3 is 2. The normalized spacial score (nSPS) is 10.7. The minimum absolute atomic E-state index is 0.828. The van der Waals surface area contributed by atoms with E-state index in [2.05, 4.69) is 19.1 Å². The molecule has 0 aliphatic heterocycles. The van der Waals surface area contributed by atoms with Gasteiger partial charge in [0.2, 0.25) is 0 Å². The molecule has 0 saturated heterocycles. The summed E-state index contributed by atoms with van der Waals surface area (Å²) in [4.78, 5) is 4.86. The van der Waals surface area contributed by atoms with E-state index < -0.39 is 0 Å². The third-order valence-electron chi connectivity index (χ3n) is 3.99. The summed E-state index contributed by atoms with van der Waals surface area (Å²) < 4.78 is 10.9. The molecule has 3 aromatic rings. The molecule has 0 atom stereocenters. The van der Waals surface area contributed by atoms with Gasteiger partial charge >= 0.3 is 0 Å². The van der Waals surface area contributed by atoms with Crippen LogP contribution in [0.5, 0.6) is 11.5 Å². The summed E-state index contributed by atoms with van der Waals surface area (Å²) in [7, 11) is 5.41. The lowest BCUT2D eigenvalue weighted by Crippen LogP contribution is -2.11. The van der Waals surface area contributed by atoms with E-state index in [-0.39, 0.29) is 0 Å². The van der Waals surface area contributed by atoms with Crippen molar-refractivity contribution in [3.05, 3.63) is 48.0 Å². The number of hydrogen-bond acceptors (Lipinski definition) is 3. The highest BCUT2D eigenvalue weighted by Crippen LogP contribution is 2.31. The van der Waals surface area contributed by atoms with Crippen molar-refractivity contribution in [3.63, 3.8) is 0 Å². The number of nitrogens with zero attached hydrogens (tertiary/aromatic N) is 1. The smallest absolute Gasteiger partial charge is 0.147 e. The minimum Gasteiger partial charge on any atom is -0.497 e. The molecule has 0 N–H and O–H groups in total. The van der Waals surface area contributed by atoms with Gasteiger partial charge in [0.25, 0.3) is 0 Å². The van der Waals surface area contributed by atoms with Crippen molar-refractivity contribution >= 4 is 24.2 Å². The molecule has 22 heavy (non-hydrogen) atoms. The van der Waals surface area contributed by atoms with Gasteiger partial charge in [0, 0.05) is 10.9 Å². The molecule has 0 unspecified atom stereocenters. The third kappa shape index (κ3) is 2.31. The zero-order chi connectivity index (χ0) is 15.7. The van der Waals surface area contributed by atoms with Crippen LogP contribution >= 0.6 is 0 Å². The van der Waals surface area contributed by atoms with Crippen LogP contribution in [-0.2, 0) is 0 Å². The van der Waals surface area contributed by atoms with Crippen molar-refractivity contribution in [1.82, 2.24) is 4.98 Å². The number of pyridine rings is 1. The number of aromatic nitrogens is 1. The number of benzene rings is 2. The largest absolute Gasteiger partial charge is 0.497 e. The fourth-order valence-corrected chi connectivity index (χ4v) is 2.79. The van der Waals surface area contributed by atoms with E-state index in [1.165, 1.54) is 5.56 Å². The Morgan fingerprint density at radius 2 is 1.68 bits per heavy atom. The second-order valence-electron chi connectivity index (χ2n) is 5.31. The van der Waals surface area contributed by atoms with Crippen LogP contribution < -0.4 is 14.9 Å². The molecular weight excluding hydrogens is 273 g/mol. The molecule has 1 aromatic heterocycles. The monoisotopic (exact) mass is 291 g/mol. The Kier molecular flexibility index (Phi) is 3.76. The van der Waals surface area contributed by atoms with Gasteiger partial charge in [-0.05, 0) is 48.3 Å². The van der Waals surface area contributed by atoms with Crippen molar-refractivity contribution in [2.75, 3.05) is 14.2 Å². The fourth-order valence-electron chi connectivity index (χ4n) is 2.79. The average Bonchev–Trinajstić information content (AvgIpc) is 2.55. The average molecular weight is 291 g/mol. The highest BCUT2D eigenvalue weighted by molar-refractivity contribution is 6.40. The Morgan fingerprint density at radius 1 is 0.955 bits per heavy atom. The van der Waals surface area contributed by atoms with E-state index in [9.17, 15) is 0 Å². The van der Waals surface area contributed by atoms with E-state index in [0.717, 1.165) is 39.1 Å². The first-order valence-electron chi connectivity index (χ1n) is 7.24. The summed E-state index contributed by atoms with van der Waals surface area (Å²) in [6.07, 6.45) is 0. The third-order valence-corrected chi connectivity index (χ3v) is 3.99.